The third-order valence-electron chi connectivity index (χ3n) is 0.942. The summed E-state index contributed by atoms with van der Waals surface area (Å²) < 4.78 is 101. The maximum atomic E-state index is 12.1. The van der Waals surface area contributed by atoms with Gasteiger partial charge < -0.3 is 4.13 Å². The van der Waals surface area contributed by atoms with Crippen molar-refractivity contribution in [2.24, 2.45) is 0 Å². The molecule has 0 spiro atoms. The Hall–Kier alpha value is -0.490. The second kappa shape index (κ2) is 3.52. The fourth-order valence-electron chi connectivity index (χ4n) is 0.237. The predicted molar refractivity (Wildman–Crippen MR) is 37.9 cm³/mol. The van der Waals surface area contributed by atoms with E-state index in [0.29, 0.717) is 0 Å². The molecule has 0 saturated heterocycles. The smallest absolute Gasteiger partial charge is 0.423 e. The predicted octanol–water partition coefficient (Wildman–Crippen LogP) is 1.15. The van der Waals surface area contributed by atoms with Crippen molar-refractivity contribution in [2.75, 3.05) is 0 Å². The molecule has 0 aromatic rings. The molecule has 0 amide bonds. The Kier molecular flexibility index (Phi) is 3.40. The van der Waals surface area contributed by atoms with E-state index in [2.05, 4.69) is 0 Å². The van der Waals surface area contributed by atoms with Crippen LogP contribution in [-0.2, 0) is 20.0 Å². The van der Waals surface area contributed by atoms with Crippen molar-refractivity contribution in [1.82, 2.24) is 0 Å². The average Bonchev–Trinajstić information content (AvgIpc) is 1.77. The maximum absolute atomic E-state index is 12.1. The van der Waals surface area contributed by atoms with E-state index in [1.165, 1.54) is 0 Å². The van der Waals surface area contributed by atoms with Gasteiger partial charge in [-0.2, -0.15) is 22.0 Å². The second-order valence-corrected chi connectivity index (χ2v) is 5.95. The average molecular weight is 276 g/mol. The number of nitrogens with zero attached hydrogens (tertiary/aromatic N) is 1. The van der Waals surface area contributed by atoms with Gasteiger partial charge in [0.05, 0.1) is 0 Å². The number of hydrogen-bond donors (Lipinski definition) is 0. The summed E-state index contributed by atoms with van der Waals surface area (Å²) in [5, 5.41) is -4.70. The molecule has 0 N–H and O–H groups in total. The molecule has 0 aromatic heterocycles. The molecule has 0 rings (SSSR count). The van der Waals surface area contributed by atoms with E-state index < -0.39 is 30.8 Å². The van der Waals surface area contributed by atoms with Crippen LogP contribution in [0, 0.1) is 0 Å². The van der Waals surface area contributed by atoms with Crippen molar-refractivity contribution in [3.05, 3.63) is 4.13 Å². The standard InChI is InChI=1S/C3H3F5NO4S2/c1-2(4,5)14(10,11)9-15(12,13)3(6,7)8/h1H3/q-1. The van der Waals surface area contributed by atoms with Gasteiger partial charge in [-0.05, 0) is 0 Å². The van der Waals surface area contributed by atoms with Crippen molar-refractivity contribution in [3.63, 3.8) is 0 Å². The molecule has 15 heavy (non-hydrogen) atoms. The van der Waals surface area contributed by atoms with E-state index in [9.17, 15) is 38.8 Å². The first-order valence-corrected chi connectivity index (χ1v) is 5.77. The van der Waals surface area contributed by atoms with Crippen LogP contribution >= 0.6 is 0 Å². The van der Waals surface area contributed by atoms with Gasteiger partial charge in [0.25, 0.3) is 0 Å². The van der Waals surface area contributed by atoms with Crippen LogP contribution in [0.5, 0.6) is 0 Å². The number of hydrogen-bond acceptors (Lipinski definition) is 4. The SMILES string of the molecule is CC(F)(F)S(=O)(=O)[N-]S(=O)(=O)C(F)(F)F. The largest absolute Gasteiger partial charge is 0.480 e. The number of halogens is 5. The summed E-state index contributed by atoms with van der Waals surface area (Å²) in [6.45, 7) is -0.294. The summed E-state index contributed by atoms with van der Waals surface area (Å²) in [5.41, 5.74) is -6.04. The topological polar surface area (TPSA) is 82.4 Å². The van der Waals surface area contributed by atoms with E-state index >= 15 is 0 Å². The summed E-state index contributed by atoms with van der Waals surface area (Å²) in [4.78, 5) is 0. The molecular weight excluding hydrogens is 273 g/mol. The highest BCUT2D eigenvalue weighted by atomic mass is 32.3. The van der Waals surface area contributed by atoms with Gasteiger partial charge in [0, 0.05) is 6.92 Å². The first kappa shape index (κ1) is 14.5. The summed E-state index contributed by atoms with van der Waals surface area (Å²) in [5.74, 6) is 0. The number of alkyl halides is 5. The second-order valence-electron chi connectivity index (χ2n) is 2.28. The van der Waals surface area contributed by atoms with Gasteiger partial charge in [-0.1, -0.05) is 0 Å². The van der Waals surface area contributed by atoms with Crippen molar-refractivity contribution in [2.45, 2.75) is 17.7 Å². The molecule has 0 atom stereocenters. The van der Waals surface area contributed by atoms with Crippen LogP contribution in [-0.4, -0.2) is 27.6 Å². The van der Waals surface area contributed by atoms with Gasteiger partial charge in [-0.15, -0.1) is 0 Å². The molecule has 0 fully saturated rings. The maximum Gasteiger partial charge on any atom is 0.480 e. The summed E-state index contributed by atoms with van der Waals surface area (Å²) in [7, 11) is -12.5. The zero-order valence-electron chi connectivity index (χ0n) is 6.79. The third-order valence-corrected chi connectivity index (χ3v) is 4.00. The van der Waals surface area contributed by atoms with Gasteiger partial charge in [0.1, 0.15) is 10.0 Å². The first-order chi connectivity index (χ1) is 6.21. The lowest BCUT2D eigenvalue weighted by Crippen LogP contribution is -2.30. The van der Waals surface area contributed by atoms with E-state index in [1.807, 2.05) is 0 Å². The Balaban J connectivity index is 5.28. The molecule has 0 aromatic carbocycles. The van der Waals surface area contributed by atoms with Crippen molar-refractivity contribution < 1.29 is 38.8 Å². The third kappa shape index (κ3) is 3.24. The normalized spacial score (nSPS) is 15.3. The molecule has 0 aliphatic heterocycles. The zero-order valence-corrected chi connectivity index (χ0v) is 8.42. The molecule has 92 valence electrons. The Bertz CT molecular complexity index is 386. The Labute approximate surface area is 81.4 Å². The van der Waals surface area contributed by atoms with Crippen LogP contribution in [0.25, 0.3) is 4.13 Å². The highest BCUT2D eigenvalue weighted by Gasteiger charge is 2.44. The van der Waals surface area contributed by atoms with Crippen molar-refractivity contribution >= 4 is 20.0 Å². The summed E-state index contributed by atoms with van der Waals surface area (Å²) in [6, 6.07) is 0. The van der Waals surface area contributed by atoms with Gasteiger partial charge in [0.15, 0.2) is 10.0 Å². The molecule has 0 aliphatic rings. The lowest BCUT2D eigenvalue weighted by Gasteiger charge is -2.25. The lowest BCUT2D eigenvalue weighted by molar-refractivity contribution is -0.0425. The molecule has 0 saturated carbocycles. The molecule has 12 heteroatoms. The van der Waals surface area contributed by atoms with Gasteiger partial charge >= 0.3 is 10.8 Å². The molecule has 5 nitrogen and oxygen atoms in total. The Morgan fingerprint density at radius 2 is 1.20 bits per heavy atom. The van der Waals surface area contributed by atoms with E-state index in [0.717, 1.165) is 4.13 Å². The van der Waals surface area contributed by atoms with Crippen molar-refractivity contribution in [1.29, 1.82) is 0 Å². The molecule has 0 aliphatic carbocycles. The van der Waals surface area contributed by atoms with E-state index in [-0.39, 0.29) is 6.92 Å². The molecule has 0 unspecified atom stereocenters. The van der Waals surface area contributed by atoms with E-state index in [4.69, 9.17) is 0 Å². The molecule has 0 heterocycles. The van der Waals surface area contributed by atoms with Crippen molar-refractivity contribution in [3.8, 4) is 0 Å². The Morgan fingerprint density at radius 1 is 0.867 bits per heavy atom. The zero-order chi connectivity index (χ0) is 12.7. The minimum Gasteiger partial charge on any atom is -0.423 e. The Morgan fingerprint density at radius 3 is 1.40 bits per heavy atom. The van der Waals surface area contributed by atoms with Crippen LogP contribution in [0.15, 0.2) is 0 Å². The monoisotopic (exact) mass is 276 g/mol. The fourth-order valence-corrected chi connectivity index (χ4v) is 2.13. The molecule has 0 radical (unpaired) electrons. The first-order valence-electron chi connectivity index (χ1n) is 2.88. The summed E-state index contributed by atoms with van der Waals surface area (Å²) >= 11 is 0. The van der Waals surface area contributed by atoms with Gasteiger partial charge in [-0.25, -0.2) is 16.8 Å². The number of sulfonamides is 2. The van der Waals surface area contributed by atoms with Gasteiger partial charge in [-0.3, -0.25) is 0 Å². The summed E-state index contributed by atoms with van der Waals surface area (Å²) in [6.07, 6.45) is 0. The van der Waals surface area contributed by atoms with Gasteiger partial charge in [0.2, 0.25) is 0 Å². The van der Waals surface area contributed by atoms with Crippen LogP contribution in [0.2, 0.25) is 0 Å². The quantitative estimate of drug-likeness (QED) is 0.724. The van der Waals surface area contributed by atoms with Crippen LogP contribution in [0.3, 0.4) is 0 Å². The van der Waals surface area contributed by atoms with E-state index in [1.54, 1.807) is 0 Å². The van der Waals surface area contributed by atoms with Crippen LogP contribution in [0.1, 0.15) is 6.92 Å². The minimum atomic E-state index is -6.48. The lowest BCUT2D eigenvalue weighted by atomic mass is 10.9. The molecule has 0 bridgehead atoms. The minimum absolute atomic E-state index is 0.294. The molecular formula is C3H3F5NO4S2-. The number of rotatable bonds is 3. The fraction of sp³-hybridized carbons (Fsp3) is 1.00. The van der Waals surface area contributed by atoms with Crippen LogP contribution in [0.4, 0.5) is 22.0 Å². The highest BCUT2D eigenvalue weighted by molar-refractivity contribution is 8.13. The van der Waals surface area contributed by atoms with Crippen LogP contribution < -0.4 is 0 Å². The highest BCUT2D eigenvalue weighted by Crippen LogP contribution is 2.35.